The van der Waals surface area contributed by atoms with Crippen LogP contribution in [-0.4, -0.2) is 14.8 Å². The van der Waals surface area contributed by atoms with E-state index in [9.17, 15) is 30.7 Å². The van der Waals surface area contributed by atoms with E-state index in [2.05, 4.69) is 10.1 Å². The van der Waals surface area contributed by atoms with Crippen molar-refractivity contribution in [1.82, 2.24) is 14.8 Å². The number of fused-ring (bicyclic) bond motifs is 1. The molecule has 0 saturated carbocycles. The highest BCUT2D eigenvalue weighted by molar-refractivity contribution is 5.92. The summed E-state index contributed by atoms with van der Waals surface area (Å²) in [5.74, 6) is -0.468. The van der Waals surface area contributed by atoms with Gasteiger partial charge in [-0.05, 0) is 30.3 Å². The van der Waals surface area contributed by atoms with Gasteiger partial charge >= 0.3 is 12.4 Å². The van der Waals surface area contributed by atoms with Gasteiger partial charge in [-0.1, -0.05) is 0 Å². The predicted molar refractivity (Wildman–Crippen MR) is 78.1 cm³/mol. The Morgan fingerprint density at radius 1 is 0.962 bits per heavy atom. The van der Waals surface area contributed by atoms with Crippen LogP contribution in [-0.2, 0) is 19.0 Å². The van der Waals surface area contributed by atoms with Crippen molar-refractivity contribution >= 4 is 16.7 Å². The summed E-state index contributed by atoms with van der Waals surface area (Å²) in [6, 6.07) is 4.53. The first-order valence-electron chi connectivity index (χ1n) is 7.01. The van der Waals surface area contributed by atoms with Crippen molar-refractivity contribution in [3.63, 3.8) is 0 Å². The van der Waals surface area contributed by atoms with Crippen LogP contribution in [0.25, 0.3) is 16.6 Å². The summed E-state index contributed by atoms with van der Waals surface area (Å²) >= 11 is 0. The second-order valence-corrected chi connectivity index (χ2v) is 5.33. The Balaban J connectivity index is 2.21. The first kappa shape index (κ1) is 18.0. The minimum Gasteiger partial charge on any atom is -0.383 e. The summed E-state index contributed by atoms with van der Waals surface area (Å²) < 4.78 is 91.1. The summed E-state index contributed by atoms with van der Waals surface area (Å²) in [4.78, 5) is 3.22. The molecule has 0 saturated heterocycles. The van der Waals surface area contributed by atoms with E-state index in [1.807, 2.05) is 0 Å². The molecular weight excluding hydrogens is 369 g/mol. The van der Waals surface area contributed by atoms with Gasteiger partial charge in [0.25, 0.3) is 0 Å². The molecule has 0 bridgehead atoms. The molecule has 2 N–H and O–H groups in total. The standard InChI is InChI=1S/C15H9F7N4/c16-6-8-5-10-11(12(24-8)15(20,21)22)13(23)26(25-10)9-3-1-7(2-4-9)14(17,18)19/h1-5H,6,23H2. The third-order valence-corrected chi connectivity index (χ3v) is 3.59. The maximum atomic E-state index is 13.2. The van der Waals surface area contributed by atoms with E-state index >= 15 is 0 Å². The van der Waals surface area contributed by atoms with Crippen LogP contribution in [0.5, 0.6) is 0 Å². The molecule has 0 radical (unpaired) electrons. The molecule has 0 aliphatic rings. The lowest BCUT2D eigenvalue weighted by molar-refractivity contribution is -0.140. The molecule has 3 aromatic rings. The minimum absolute atomic E-state index is 0.0154. The number of hydrogen-bond acceptors (Lipinski definition) is 3. The van der Waals surface area contributed by atoms with Crippen LogP contribution in [0, 0.1) is 0 Å². The van der Waals surface area contributed by atoms with Crippen LogP contribution in [0.15, 0.2) is 30.3 Å². The highest BCUT2D eigenvalue weighted by Gasteiger charge is 2.37. The monoisotopic (exact) mass is 378 g/mol. The molecule has 4 nitrogen and oxygen atoms in total. The lowest BCUT2D eigenvalue weighted by Crippen LogP contribution is -2.11. The molecule has 0 fully saturated rings. The fourth-order valence-corrected chi connectivity index (χ4v) is 2.44. The second kappa shape index (κ2) is 5.85. The number of pyridine rings is 1. The lowest BCUT2D eigenvalue weighted by Gasteiger charge is -2.09. The van der Waals surface area contributed by atoms with E-state index < -0.39 is 47.2 Å². The Morgan fingerprint density at radius 3 is 2.08 bits per heavy atom. The zero-order valence-corrected chi connectivity index (χ0v) is 12.7. The molecular formula is C15H9F7N4. The molecule has 0 unspecified atom stereocenters. The van der Waals surface area contributed by atoms with E-state index in [0.29, 0.717) is 0 Å². The smallest absolute Gasteiger partial charge is 0.383 e. The zero-order chi connectivity index (χ0) is 19.3. The zero-order valence-electron chi connectivity index (χ0n) is 12.7. The minimum atomic E-state index is -4.91. The van der Waals surface area contributed by atoms with Crippen LogP contribution in [0.1, 0.15) is 17.0 Å². The Bertz CT molecular complexity index is 955. The first-order chi connectivity index (χ1) is 12.0. The van der Waals surface area contributed by atoms with Crippen molar-refractivity contribution in [3.05, 3.63) is 47.3 Å². The van der Waals surface area contributed by atoms with Gasteiger partial charge in [0.05, 0.1) is 27.8 Å². The van der Waals surface area contributed by atoms with Gasteiger partial charge in [0.2, 0.25) is 0 Å². The number of halogens is 7. The molecule has 138 valence electrons. The van der Waals surface area contributed by atoms with Gasteiger partial charge in [-0.25, -0.2) is 14.1 Å². The number of anilines is 1. The van der Waals surface area contributed by atoms with Gasteiger partial charge in [-0.3, -0.25) is 0 Å². The number of rotatable bonds is 2. The van der Waals surface area contributed by atoms with Crippen molar-refractivity contribution in [2.45, 2.75) is 19.0 Å². The molecule has 2 aromatic heterocycles. The van der Waals surface area contributed by atoms with Crippen molar-refractivity contribution < 1.29 is 30.7 Å². The van der Waals surface area contributed by atoms with E-state index in [4.69, 9.17) is 5.73 Å². The molecule has 2 heterocycles. The molecule has 0 atom stereocenters. The highest BCUT2D eigenvalue weighted by atomic mass is 19.4. The normalized spacial score (nSPS) is 12.7. The lowest BCUT2D eigenvalue weighted by atomic mass is 10.2. The fraction of sp³-hybridized carbons (Fsp3) is 0.200. The first-order valence-corrected chi connectivity index (χ1v) is 7.01. The van der Waals surface area contributed by atoms with Crippen LogP contribution in [0.2, 0.25) is 0 Å². The largest absolute Gasteiger partial charge is 0.434 e. The molecule has 0 aliphatic carbocycles. The molecule has 26 heavy (non-hydrogen) atoms. The van der Waals surface area contributed by atoms with E-state index in [1.54, 1.807) is 0 Å². The molecule has 0 amide bonds. The van der Waals surface area contributed by atoms with Gasteiger partial charge in [0.1, 0.15) is 12.5 Å². The number of benzene rings is 1. The number of alkyl halides is 7. The molecule has 0 spiro atoms. The van der Waals surface area contributed by atoms with Crippen LogP contribution in [0.4, 0.5) is 36.6 Å². The average molecular weight is 378 g/mol. The van der Waals surface area contributed by atoms with Gasteiger partial charge in [0.15, 0.2) is 5.69 Å². The second-order valence-electron chi connectivity index (χ2n) is 5.33. The van der Waals surface area contributed by atoms with Gasteiger partial charge in [-0.2, -0.15) is 31.4 Å². The molecule has 1 aromatic carbocycles. The van der Waals surface area contributed by atoms with E-state index in [0.717, 1.165) is 35.0 Å². The Morgan fingerprint density at radius 2 is 1.58 bits per heavy atom. The van der Waals surface area contributed by atoms with Gasteiger partial charge in [-0.15, -0.1) is 0 Å². The van der Waals surface area contributed by atoms with E-state index in [1.165, 1.54) is 0 Å². The third kappa shape index (κ3) is 3.04. The van der Waals surface area contributed by atoms with E-state index in [-0.39, 0.29) is 11.2 Å². The average Bonchev–Trinajstić information content (AvgIpc) is 2.89. The summed E-state index contributed by atoms with van der Waals surface area (Å²) in [7, 11) is 0. The van der Waals surface area contributed by atoms with Crippen molar-refractivity contribution in [1.29, 1.82) is 0 Å². The van der Waals surface area contributed by atoms with Crippen LogP contribution >= 0.6 is 0 Å². The topological polar surface area (TPSA) is 56.7 Å². The molecule has 0 aliphatic heterocycles. The number of hydrogen-bond donors (Lipinski definition) is 1. The number of nitrogens with zero attached hydrogens (tertiary/aromatic N) is 3. The summed E-state index contributed by atoms with van der Waals surface area (Å²) in [5, 5.41) is 3.31. The van der Waals surface area contributed by atoms with Gasteiger partial charge in [0, 0.05) is 0 Å². The summed E-state index contributed by atoms with van der Waals surface area (Å²) in [6.45, 7) is -1.24. The maximum absolute atomic E-state index is 13.2. The highest BCUT2D eigenvalue weighted by Crippen LogP contribution is 2.37. The van der Waals surface area contributed by atoms with Gasteiger partial charge < -0.3 is 5.73 Å². The summed E-state index contributed by atoms with van der Waals surface area (Å²) in [5.41, 5.74) is 2.65. The number of nitrogens with two attached hydrogens (primary N) is 1. The van der Waals surface area contributed by atoms with Crippen molar-refractivity contribution in [2.24, 2.45) is 0 Å². The third-order valence-electron chi connectivity index (χ3n) is 3.59. The molecule has 3 rings (SSSR count). The van der Waals surface area contributed by atoms with Crippen molar-refractivity contribution in [3.8, 4) is 5.69 Å². The Hall–Kier alpha value is -2.85. The predicted octanol–water partition coefficient (Wildman–Crippen LogP) is 4.51. The fourth-order valence-electron chi connectivity index (χ4n) is 2.44. The Kier molecular flexibility index (Phi) is 4.04. The quantitative estimate of drug-likeness (QED) is 0.668. The number of nitrogen functional groups attached to an aromatic ring is 1. The SMILES string of the molecule is Nc1c2c(C(F)(F)F)nc(CF)cc2nn1-c1ccc(C(F)(F)F)cc1. The van der Waals surface area contributed by atoms with Crippen LogP contribution in [0.3, 0.4) is 0 Å². The van der Waals surface area contributed by atoms with Crippen molar-refractivity contribution in [2.75, 3.05) is 5.73 Å². The molecule has 11 heteroatoms. The maximum Gasteiger partial charge on any atom is 0.434 e. The Labute approximate surface area is 141 Å². The summed E-state index contributed by atoms with van der Waals surface area (Å²) in [6.07, 6.45) is -9.48. The number of aromatic nitrogens is 3. The van der Waals surface area contributed by atoms with Crippen LogP contribution < -0.4 is 5.73 Å².